The Morgan fingerprint density at radius 2 is 0.735 bits per heavy atom. The molecule has 0 aromatic heterocycles. The van der Waals surface area contributed by atoms with Gasteiger partial charge in [0.15, 0.2) is 0 Å². The third-order valence-electron chi connectivity index (χ3n) is 27.0. The fraction of sp³-hybridized carbons (Fsp3) is 0.582. The topological polar surface area (TPSA) is 394 Å². The van der Waals surface area contributed by atoms with Crippen molar-refractivity contribution >= 4 is 97.6 Å². The molecule has 10 heterocycles. The second kappa shape index (κ2) is 58.5. The first kappa shape index (κ1) is 117. The van der Waals surface area contributed by atoms with E-state index in [-0.39, 0.29) is 40.9 Å². The fourth-order valence-electron chi connectivity index (χ4n) is 21.5. The molecular formula is C110H159N7O27Si3+2. The number of carbonyl (C=O) groups is 8. The van der Waals surface area contributed by atoms with Crippen molar-refractivity contribution in [3.63, 3.8) is 0 Å². The van der Waals surface area contributed by atoms with Crippen LogP contribution >= 0.6 is 0 Å². The monoisotopic (exact) mass is 2090 g/mol. The van der Waals surface area contributed by atoms with Crippen LogP contribution in [0, 0.1) is 0 Å². The number of hydrogen-bond donors (Lipinski definition) is 6. The van der Waals surface area contributed by atoms with Crippen molar-refractivity contribution in [3.05, 3.63) is 165 Å². The first-order chi connectivity index (χ1) is 71.3. The molecule has 34 nitrogen and oxygen atoms in total. The maximum absolute atomic E-state index is 12.6. The van der Waals surface area contributed by atoms with Gasteiger partial charge in [0.2, 0.25) is 10.7 Å². The second-order valence-corrected chi connectivity index (χ2v) is 44.9. The van der Waals surface area contributed by atoms with Crippen LogP contribution in [-0.2, 0) is 120 Å². The summed E-state index contributed by atoms with van der Waals surface area (Å²) in [6.45, 7) is 43.8. The molecule has 10 aliphatic heterocycles. The van der Waals surface area contributed by atoms with Gasteiger partial charge in [0.1, 0.15) is 54.9 Å². The van der Waals surface area contributed by atoms with Gasteiger partial charge in [-0.2, -0.15) is 0 Å². The van der Waals surface area contributed by atoms with Crippen LogP contribution in [0.1, 0.15) is 291 Å². The van der Waals surface area contributed by atoms with Crippen molar-refractivity contribution < 1.29 is 127 Å². The van der Waals surface area contributed by atoms with Gasteiger partial charge in [-0.3, -0.25) is 9.59 Å². The van der Waals surface area contributed by atoms with E-state index in [4.69, 9.17) is 73.0 Å². The predicted octanol–water partition coefficient (Wildman–Crippen LogP) is 15.5. The van der Waals surface area contributed by atoms with Crippen LogP contribution in [0.4, 0.5) is 25.8 Å². The molecule has 3 amide bonds. The number of aryl methyl sites for hydroxylation is 4. The lowest BCUT2D eigenvalue weighted by atomic mass is 9.81. The number of benzene rings is 6. The van der Waals surface area contributed by atoms with Crippen LogP contribution < -0.4 is 70.3 Å². The Bertz CT molecular complexity index is 5620. The summed E-state index contributed by atoms with van der Waals surface area (Å²) >= 11 is 0. The van der Waals surface area contributed by atoms with Gasteiger partial charge in [-0.1, -0.05) is 25.8 Å². The van der Waals surface area contributed by atoms with E-state index >= 15 is 0 Å². The zero-order valence-electron chi connectivity index (χ0n) is 89.1. The number of carbonyl (C=O) groups excluding carboxylic acids is 5. The minimum atomic E-state index is -2.58. The SMILES string of the molecule is CCCCCC(=O)OCC.CCOC(=O)NCCC[Si](OCC)(OCC)OCC.CCOC(=O)NCCC[Si](OCC)(OCC)OCC.CCOC(=O)NCCC[Si](OCC)(OCC)OCC.O=C(O)c1ccc(C2=c3cc4c5c(c3Oc3c2cc2c6c3CCCN6CCC2)CCC[N+]=5CCC4)c(C(=O)O)c1.O=COc1ccc(C(=O)O)c(C2=c3cc4c5c(c3Oc3c2cc2c6c3CCCN6CCC2)CCC[N+]=5CCC4)c1. The molecule has 6 aromatic rings. The summed E-state index contributed by atoms with van der Waals surface area (Å²) in [5, 5.41) is 42.8. The maximum atomic E-state index is 12.6. The number of rotatable bonds is 45. The molecule has 0 fully saturated rings. The lowest BCUT2D eigenvalue weighted by Gasteiger charge is -2.39. The minimum Gasteiger partial charge on any atom is -0.478 e. The van der Waals surface area contributed by atoms with E-state index in [1.165, 1.54) is 78.7 Å². The average molecular weight is 2100 g/mol. The Balaban J connectivity index is 0.000000179. The van der Waals surface area contributed by atoms with E-state index in [2.05, 4.69) is 66.1 Å². The van der Waals surface area contributed by atoms with Gasteiger partial charge in [0.25, 0.3) is 6.47 Å². The summed E-state index contributed by atoms with van der Waals surface area (Å²) in [5.41, 5.74) is 17.7. The quantitative estimate of drug-likeness (QED) is 0.00515. The Hall–Kier alpha value is -10.7. The van der Waals surface area contributed by atoms with Gasteiger partial charge in [0.05, 0.1) is 54.2 Å². The van der Waals surface area contributed by atoms with E-state index in [9.17, 15) is 53.7 Å². The maximum Gasteiger partial charge on any atom is 0.500 e. The summed E-state index contributed by atoms with van der Waals surface area (Å²) in [5.74, 6) is 0.450. The number of alkyl carbamates (subject to hydrolysis) is 3. The Kier molecular flexibility index (Phi) is 46.4. The van der Waals surface area contributed by atoms with Crippen molar-refractivity contribution in [2.75, 3.05) is 168 Å². The lowest BCUT2D eigenvalue weighted by Crippen LogP contribution is -2.46. The first-order valence-electron chi connectivity index (χ1n) is 53.9. The number of hydrogen-bond acceptors (Lipinski definition) is 26. The molecule has 0 spiro atoms. The van der Waals surface area contributed by atoms with E-state index in [1.54, 1.807) is 45.0 Å². The van der Waals surface area contributed by atoms with Gasteiger partial charge in [-0.15, -0.1) is 0 Å². The van der Waals surface area contributed by atoms with Crippen LogP contribution in [0.25, 0.3) is 11.1 Å². The van der Waals surface area contributed by atoms with Crippen molar-refractivity contribution in [1.82, 2.24) is 25.1 Å². The van der Waals surface area contributed by atoms with Crippen LogP contribution in [0.5, 0.6) is 28.7 Å². The number of aromatic carboxylic acids is 3. The van der Waals surface area contributed by atoms with Crippen LogP contribution in [0.15, 0.2) is 60.7 Å². The molecule has 0 saturated carbocycles. The number of anilines is 2. The van der Waals surface area contributed by atoms with E-state index < -0.39 is 44.3 Å². The molecule has 147 heavy (non-hydrogen) atoms. The molecule has 0 unspecified atom stereocenters. The summed E-state index contributed by atoms with van der Waals surface area (Å²) in [6, 6.07) is 20.4. The zero-order valence-corrected chi connectivity index (χ0v) is 92.1. The molecule has 0 bridgehead atoms. The van der Waals surface area contributed by atoms with Crippen LogP contribution in [-0.4, -0.2) is 248 Å². The van der Waals surface area contributed by atoms with Gasteiger partial charge in [-0.25, -0.2) is 37.9 Å². The Morgan fingerprint density at radius 3 is 1.10 bits per heavy atom. The van der Waals surface area contributed by atoms with Crippen LogP contribution in [0.2, 0.25) is 18.1 Å². The van der Waals surface area contributed by atoms with Gasteiger partial charge >= 0.3 is 68.6 Å². The molecule has 6 N–H and O–H groups in total. The smallest absolute Gasteiger partial charge is 0.478 e. The molecule has 0 radical (unpaired) electrons. The number of nitrogens with one attached hydrogen (secondary N) is 3. The first-order valence-corrected chi connectivity index (χ1v) is 59.7. The molecule has 806 valence electrons. The summed E-state index contributed by atoms with van der Waals surface area (Å²) in [6.07, 6.45) is 21.3. The largest absolute Gasteiger partial charge is 0.500 e. The van der Waals surface area contributed by atoms with Crippen molar-refractivity contribution in [2.45, 2.75) is 263 Å². The number of amides is 3. The number of carboxylic acids is 3. The molecule has 10 aliphatic rings. The number of fused-ring (bicyclic) bond motifs is 8. The highest BCUT2D eigenvalue weighted by Gasteiger charge is 2.45. The zero-order chi connectivity index (χ0) is 106. The molecule has 0 saturated heterocycles. The molecule has 16 rings (SSSR count). The summed E-state index contributed by atoms with van der Waals surface area (Å²) in [7, 11) is -7.73. The van der Waals surface area contributed by atoms with Crippen molar-refractivity contribution in [3.8, 4) is 28.7 Å². The molecule has 6 aromatic carbocycles. The normalized spacial score (nSPS) is 15.0. The summed E-state index contributed by atoms with van der Waals surface area (Å²) < 4.78 is 94.8. The molecule has 0 atom stereocenters. The highest BCUT2D eigenvalue weighted by atomic mass is 28.4. The lowest BCUT2D eigenvalue weighted by molar-refractivity contribution is -0.143. The summed E-state index contributed by atoms with van der Waals surface area (Å²) in [4.78, 5) is 97.4. The highest BCUT2D eigenvalue weighted by molar-refractivity contribution is 6.61. The van der Waals surface area contributed by atoms with Gasteiger partial charge < -0.3 is 114 Å². The number of esters is 1. The van der Waals surface area contributed by atoms with Gasteiger partial charge in [-0.05, 0) is 264 Å². The Morgan fingerprint density at radius 1 is 0.367 bits per heavy atom. The second-order valence-electron chi connectivity index (χ2n) is 36.7. The van der Waals surface area contributed by atoms with Gasteiger partial charge in [0, 0.05) is 227 Å². The van der Waals surface area contributed by atoms with E-state index in [1.807, 2.05) is 69.2 Å². The Labute approximate surface area is 868 Å². The fourth-order valence-corrected chi connectivity index (χ4v) is 29.4. The standard InChI is InChI=1S/2C33H30N2O5.3C12H27NO5Si.C8H16O2/c36-18-39-21-9-10-22(33(37)38)25(17-21)28-26-15-19-5-1-11-34-13-3-7-23(29(19)34)31(26)40-32-24-8-4-14-35-12-2-6-20(30(24)35)16-27(28)32;36-32(37)20-9-10-21(24(17-20)33(38)39)27-25-15-18-5-1-11-34-13-3-7-22(28(18)34)30(25)40-31-23-8-4-14-35-12-2-6-19(29(23)35)16-26(27)31;3*1-5-15-12(14)13-10-9-11-19(16-6-2,17-7-3)18-8-4;1-3-5-6-7-8(9)10-4-2/h9-10,15-18H,1-8,11-14H2;9-10,15-17H,1-8,11-14H2,(H-,36,37,38,39);3*5-11H2,1-4H3,(H,13,14);3-7H2,1-2H3/p+2. The third-order valence-corrected chi connectivity index (χ3v) is 36.5. The third kappa shape index (κ3) is 30.0. The van der Waals surface area contributed by atoms with Crippen LogP contribution in [0.3, 0.4) is 0 Å². The van der Waals surface area contributed by atoms with Crippen molar-refractivity contribution in [1.29, 1.82) is 0 Å². The number of ether oxygens (including phenoxy) is 7. The minimum absolute atomic E-state index is 0.00897. The molecule has 37 heteroatoms. The molecule has 0 aliphatic carbocycles. The van der Waals surface area contributed by atoms with Crippen molar-refractivity contribution in [2.24, 2.45) is 0 Å². The number of unbranched alkanes of at least 4 members (excludes halogenated alkanes) is 2. The van der Waals surface area contributed by atoms with E-state index in [0.29, 0.717) is 153 Å². The molecular weight excluding hydrogens is 1940 g/mol. The highest BCUT2D eigenvalue weighted by Crippen LogP contribution is 2.52. The van der Waals surface area contributed by atoms with E-state index in [0.717, 1.165) is 249 Å². The number of carboxylic acid groups (broad SMARTS) is 3. The average Bonchev–Trinajstić information content (AvgIpc) is 0.710. The number of nitrogens with zero attached hydrogens (tertiary/aromatic N) is 4. The predicted molar refractivity (Wildman–Crippen MR) is 567 cm³/mol.